The largest absolute Gasteiger partial charge is 0.465 e. The first-order valence-corrected chi connectivity index (χ1v) is 3.40. The summed E-state index contributed by atoms with van der Waals surface area (Å²) in [6, 6.07) is 0. The third-order valence-electron chi connectivity index (χ3n) is 1.42. The molecule has 1 heterocycles. The molecule has 0 saturated carbocycles. The Hall–Kier alpha value is -2.09. The van der Waals surface area contributed by atoms with Gasteiger partial charge in [-0.05, 0) is 5.92 Å². The molecule has 1 aromatic heterocycles. The lowest BCUT2D eigenvalue weighted by Crippen LogP contribution is -2.24. The molecule has 1 aromatic rings. The molecule has 0 radical (unpaired) electrons. The normalized spacial score (nSPS) is 8.92. The first-order chi connectivity index (χ1) is 6.15. The van der Waals surface area contributed by atoms with E-state index < -0.39 is 6.09 Å². The number of amides is 1. The standard InChI is InChI=1S/C8H7N3O2/c1-3-6-4-10-7(5-9-6)11(2)8(12)13/h1,4-5H,2H3,(H,12,13). The van der Waals surface area contributed by atoms with Crippen LogP contribution in [0.3, 0.4) is 0 Å². The minimum Gasteiger partial charge on any atom is -0.465 e. The van der Waals surface area contributed by atoms with Gasteiger partial charge in [-0.25, -0.2) is 14.8 Å². The van der Waals surface area contributed by atoms with Crippen LogP contribution in [0.2, 0.25) is 0 Å². The maximum absolute atomic E-state index is 10.5. The Bertz CT molecular complexity index is 353. The summed E-state index contributed by atoms with van der Waals surface area (Å²) in [5, 5.41) is 8.58. The fraction of sp³-hybridized carbons (Fsp3) is 0.125. The van der Waals surface area contributed by atoms with Gasteiger partial charge in [-0.3, -0.25) is 4.90 Å². The van der Waals surface area contributed by atoms with Crippen LogP contribution >= 0.6 is 0 Å². The number of nitrogens with zero attached hydrogens (tertiary/aromatic N) is 3. The fourth-order valence-corrected chi connectivity index (χ4v) is 0.667. The Morgan fingerprint density at radius 2 is 2.31 bits per heavy atom. The second-order valence-corrected chi connectivity index (χ2v) is 2.25. The van der Waals surface area contributed by atoms with Gasteiger partial charge in [0.1, 0.15) is 5.69 Å². The van der Waals surface area contributed by atoms with Gasteiger partial charge in [0.2, 0.25) is 0 Å². The average molecular weight is 177 g/mol. The van der Waals surface area contributed by atoms with E-state index in [1.54, 1.807) is 0 Å². The molecule has 0 spiro atoms. The van der Waals surface area contributed by atoms with Crippen molar-refractivity contribution in [1.82, 2.24) is 9.97 Å². The van der Waals surface area contributed by atoms with E-state index in [0.717, 1.165) is 4.90 Å². The third kappa shape index (κ3) is 1.93. The molecule has 66 valence electrons. The van der Waals surface area contributed by atoms with Crippen molar-refractivity contribution in [2.45, 2.75) is 0 Å². The van der Waals surface area contributed by atoms with E-state index in [2.05, 4.69) is 15.9 Å². The lowest BCUT2D eigenvalue weighted by atomic mass is 10.4. The van der Waals surface area contributed by atoms with Crippen LogP contribution in [0, 0.1) is 12.3 Å². The second kappa shape index (κ2) is 3.54. The van der Waals surface area contributed by atoms with Gasteiger partial charge < -0.3 is 5.11 Å². The fourth-order valence-electron chi connectivity index (χ4n) is 0.667. The molecule has 0 fully saturated rings. The van der Waals surface area contributed by atoms with Gasteiger partial charge >= 0.3 is 6.09 Å². The van der Waals surface area contributed by atoms with Crippen molar-refractivity contribution in [2.24, 2.45) is 0 Å². The molecule has 0 saturated heterocycles. The van der Waals surface area contributed by atoms with Crippen molar-refractivity contribution in [3.63, 3.8) is 0 Å². The summed E-state index contributed by atoms with van der Waals surface area (Å²) in [4.78, 5) is 19.0. The summed E-state index contributed by atoms with van der Waals surface area (Å²) in [6.07, 6.45) is 6.61. The average Bonchev–Trinajstić information content (AvgIpc) is 2.17. The topological polar surface area (TPSA) is 66.3 Å². The maximum Gasteiger partial charge on any atom is 0.412 e. The zero-order chi connectivity index (χ0) is 9.84. The van der Waals surface area contributed by atoms with E-state index in [-0.39, 0.29) is 5.82 Å². The first-order valence-electron chi connectivity index (χ1n) is 3.40. The summed E-state index contributed by atoms with van der Waals surface area (Å²) < 4.78 is 0. The molecule has 0 unspecified atom stereocenters. The summed E-state index contributed by atoms with van der Waals surface area (Å²) in [5.41, 5.74) is 0.377. The molecular weight excluding hydrogens is 170 g/mol. The summed E-state index contributed by atoms with van der Waals surface area (Å²) in [7, 11) is 1.38. The molecule has 0 aromatic carbocycles. The molecule has 0 atom stereocenters. The van der Waals surface area contributed by atoms with Crippen LogP contribution in [0.4, 0.5) is 10.6 Å². The Kier molecular flexibility index (Phi) is 2.45. The van der Waals surface area contributed by atoms with Crippen LogP contribution in [-0.4, -0.2) is 28.2 Å². The van der Waals surface area contributed by atoms with Gasteiger partial charge in [0.05, 0.1) is 12.4 Å². The van der Waals surface area contributed by atoms with Crippen molar-refractivity contribution < 1.29 is 9.90 Å². The Balaban J connectivity index is 2.93. The first kappa shape index (κ1) is 9.00. The Morgan fingerprint density at radius 1 is 1.62 bits per heavy atom. The minimum atomic E-state index is -1.09. The highest BCUT2D eigenvalue weighted by Gasteiger charge is 2.09. The highest BCUT2D eigenvalue weighted by molar-refractivity contribution is 5.83. The van der Waals surface area contributed by atoms with Crippen LogP contribution in [0.25, 0.3) is 0 Å². The van der Waals surface area contributed by atoms with E-state index >= 15 is 0 Å². The summed E-state index contributed by atoms with van der Waals surface area (Å²) in [5.74, 6) is 2.52. The molecule has 0 aliphatic carbocycles. The van der Waals surface area contributed by atoms with Crippen LogP contribution in [0.15, 0.2) is 12.4 Å². The van der Waals surface area contributed by atoms with Gasteiger partial charge in [0.25, 0.3) is 0 Å². The van der Waals surface area contributed by atoms with E-state index in [1.807, 2.05) is 0 Å². The molecule has 13 heavy (non-hydrogen) atoms. The molecule has 0 aliphatic heterocycles. The lowest BCUT2D eigenvalue weighted by Gasteiger charge is -2.10. The van der Waals surface area contributed by atoms with Crippen molar-refractivity contribution in [3.05, 3.63) is 18.1 Å². The van der Waals surface area contributed by atoms with Gasteiger partial charge in [0, 0.05) is 7.05 Å². The molecule has 1 rings (SSSR count). The summed E-state index contributed by atoms with van der Waals surface area (Å²) in [6.45, 7) is 0. The van der Waals surface area contributed by atoms with Gasteiger partial charge in [-0.15, -0.1) is 6.42 Å². The smallest absolute Gasteiger partial charge is 0.412 e. The number of terminal acetylenes is 1. The van der Waals surface area contributed by atoms with Gasteiger partial charge in [-0.2, -0.15) is 0 Å². The van der Waals surface area contributed by atoms with Gasteiger partial charge in [0.15, 0.2) is 5.82 Å². The number of anilines is 1. The zero-order valence-electron chi connectivity index (χ0n) is 6.93. The van der Waals surface area contributed by atoms with Crippen molar-refractivity contribution in [2.75, 3.05) is 11.9 Å². The number of carboxylic acid groups (broad SMARTS) is 1. The maximum atomic E-state index is 10.5. The molecule has 1 amide bonds. The number of carbonyl (C=O) groups is 1. The number of rotatable bonds is 1. The molecule has 0 bridgehead atoms. The van der Waals surface area contributed by atoms with Crippen molar-refractivity contribution in [3.8, 4) is 12.3 Å². The van der Waals surface area contributed by atoms with Crippen LogP contribution < -0.4 is 4.90 Å². The molecule has 1 N–H and O–H groups in total. The Morgan fingerprint density at radius 3 is 2.69 bits per heavy atom. The van der Waals surface area contributed by atoms with E-state index in [1.165, 1.54) is 19.4 Å². The second-order valence-electron chi connectivity index (χ2n) is 2.25. The molecular formula is C8H7N3O2. The molecule has 5 nitrogen and oxygen atoms in total. The van der Waals surface area contributed by atoms with Gasteiger partial charge in [-0.1, -0.05) is 0 Å². The highest BCUT2D eigenvalue weighted by Crippen LogP contribution is 2.05. The predicted molar refractivity (Wildman–Crippen MR) is 46.4 cm³/mol. The molecule has 0 aliphatic rings. The summed E-state index contributed by atoms with van der Waals surface area (Å²) >= 11 is 0. The van der Waals surface area contributed by atoms with Crippen LogP contribution in [0.1, 0.15) is 5.69 Å². The number of hydrogen-bond donors (Lipinski definition) is 1. The monoisotopic (exact) mass is 177 g/mol. The lowest BCUT2D eigenvalue weighted by molar-refractivity contribution is 0.203. The van der Waals surface area contributed by atoms with Crippen LogP contribution in [-0.2, 0) is 0 Å². The molecule has 5 heteroatoms. The highest BCUT2D eigenvalue weighted by atomic mass is 16.4. The van der Waals surface area contributed by atoms with E-state index in [0.29, 0.717) is 5.69 Å². The SMILES string of the molecule is C#Cc1cnc(N(C)C(=O)O)cn1. The predicted octanol–water partition coefficient (Wildman–Crippen LogP) is 0.572. The quantitative estimate of drug-likeness (QED) is 0.637. The van der Waals surface area contributed by atoms with Crippen molar-refractivity contribution in [1.29, 1.82) is 0 Å². The van der Waals surface area contributed by atoms with E-state index in [9.17, 15) is 4.79 Å². The third-order valence-corrected chi connectivity index (χ3v) is 1.42. The number of aromatic nitrogens is 2. The van der Waals surface area contributed by atoms with E-state index in [4.69, 9.17) is 11.5 Å². The minimum absolute atomic E-state index is 0.242. The van der Waals surface area contributed by atoms with Crippen LogP contribution in [0.5, 0.6) is 0 Å². The number of hydrogen-bond acceptors (Lipinski definition) is 3. The Labute approximate surface area is 75.0 Å². The zero-order valence-corrected chi connectivity index (χ0v) is 6.93. The van der Waals surface area contributed by atoms with Crippen molar-refractivity contribution >= 4 is 11.9 Å².